The van der Waals surface area contributed by atoms with Gasteiger partial charge in [-0.3, -0.25) is 14.8 Å². The summed E-state index contributed by atoms with van der Waals surface area (Å²) < 4.78 is 1.69. The first-order valence-corrected chi connectivity index (χ1v) is 6.36. The van der Waals surface area contributed by atoms with Gasteiger partial charge in [-0.05, 0) is 20.8 Å². The fourth-order valence-electron chi connectivity index (χ4n) is 2.45. The summed E-state index contributed by atoms with van der Waals surface area (Å²) in [6, 6.07) is 6.61. The molecule has 0 bridgehead atoms. The van der Waals surface area contributed by atoms with Gasteiger partial charge in [-0.2, -0.15) is 5.10 Å². The molecule has 20 heavy (non-hydrogen) atoms. The second kappa shape index (κ2) is 5.42. The molecular weight excluding hydrogens is 258 g/mol. The van der Waals surface area contributed by atoms with E-state index < -0.39 is 11.0 Å². The molecule has 2 aromatic rings. The monoisotopic (exact) mass is 275 g/mol. The number of hydrogen-bond donors (Lipinski definition) is 1. The molecule has 0 saturated heterocycles. The SMILES string of the molecule is Cc1nn(Cc2ccccc2[N+](=O)[O-])c(C)c1C(C)O. The number of nitro benzene ring substituents is 1. The maximum atomic E-state index is 11.0. The van der Waals surface area contributed by atoms with Crippen LogP contribution in [0.15, 0.2) is 24.3 Å². The summed E-state index contributed by atoms with van der Waals surface area (Å²) in [5.41, 5.74) is 3.04. The van der Waals surface area contributed by atoms with Crippen LogP contribution < -0.4 is 0 Å². The minimum atomic E-state index is -0.602. The van der Waals surface area contributed by atoms with E-state index in [2.05, 4.69) is 5.10 Å². The average molecular weight is 275 g/mol. The third-order valence-electron chi connectivity index (χ3n) is 3.36. The summed E-state index contributed by atoms with van der Waals surface area (Å²) in [5.74, 6) is 0. The summed E-state index contributed by atoms with van der Waals surface area (Å²) in [5, 5.41) is 25.1. The van der Waals surface area contributed by atoms with Crippen LogP contribution in [0.4, 0.5) is 5.69 Å². The summed E-state index contributed by atoms with van der Waals surface area (Å²) in [6.07, 6.45) is -0.602. The Labute approximate surface area is 116 Å². The predicted molar refractivity (Wildman–Crippen MR) is 74.5 cm³/mol. The molecule has 1 aromatic carbocycles. The standard InChI is InChI=1S/C14H17N3O3/c1-9-14(11(3)18)10(2)16(15-9)8-12-6-4-5-7-13(12)17(19)20/h4-7,11,18H,8H2,1-3H3. The van der Waals surface area contributed by atoms with E-state index in [1.54, 1.807) is 29.8 Å². The van der Waals surface area contributed by atoms with Crippen molar-refractivity contribution in [2.75, 3.05) is 0 Å². The highest BCUT2D eigenvalue weighted by Crippen LogP contribution is 2.24. The third kappa shape index (κ3) is 2.55. The Hall–Kier alpha value is -2.21. The van der Waals surface area contributed by atoms with E-state index in [1.807, 2.05) is 13.8 Å². The molecule has 1 atom stereocenters. The molecule has 0 radical (unpaired) electrons. The number of para-hydroxylation sites is 1. The fourth-order valence-corrected chi connectivity index (χ4v) is 2.45. The van der Waals surface area contributed by atoms with Gasteiger partial charge in [-0.25, -0.2) is 0 Å². The van der Waals surface area contributed by atoms with Crippen molar-refractivity contribution in [1.29, 1.82) is 0 Å². The summed E-state index contributed by atoms with van der Waals surface area (Å²) in [4.78, 5) is 10.6. The molecule has 0 aliphatic rings. The molecule has 0 fully saturated rings. The Morgan fingerprint density at radius 3 is 2.60 bits per heavy atom. The molecule has 0 aliphatic heterocycles. The highest BCUT2D eigenvalue weighted by atomic mass is 16.6. The summed E-state index contributed by atoms with van der Waals surface area (Å²) in [7, 11) is 0. The highest BCUT2D eigenvalue weighted by Gasteiger charge is 2.18. The second-order valence-corrected chi connectivity index (χ2v) is 4.80. The van der Waals surface area contributed by atoms with Crippen LogP contribution in [0, 0.1) is 24.0 Å². The van der Waals surface area contributed by atoms with E-state index in [-0.39, 0.29) is 5.69 Å². The number of aromatic nitrogens is 2. The molecule has 1 aromatic heterocycles. The van der Waals surface area contributed by atoms with Gasteiger partial charge in [0.15, 0.2) is 0 Å². The third-order valence-corrected chi connectivity index (χ3v) is 3.36. The molecule has 2 rings (SSSR count). The number of hydrogen-bond acceptors (Lipinski definition) is 4. The zero-order valence-corrected chi connectivity index (χ0v) is 11.7. The van der Waals surface area contributed by atoms with Gasteiger partial charge in [0.05, 0.1) is 28.8 Å². The van der Waals surface area contributed by atoms with Gasteiger partial charge in [0.1, 0.15) is 0 Å². The van der Waals surface area contributed by atoms with Crippen LogP contribution in [0.2, 0.25) is 0 Å². The largest absolute Gasteiger partial charge is 0.389 e. The first-order valence-electron chi connectivity index (χ1n) is 6.36. The summed E-state index contributed by atoms with van der Waals surface area (Å²) in [6.45, 7) is 5.69. The average Bonchev–Trinajstić information content (AvgIpc) is 2.64. The fraction of sp³-hybridized carbons (Fsp3) is 0.357. The maximum Gasteiger partial charge on any atom is 0.274 e. The predicted octanol–water partition coefficient (Wildman–Crippen LogP) is 2.51. The first kappa shape index (κ1) is 14.2. The van der Waals surface area contributed by atoms with Crippen LogP contribution in [0.1, 0.15) is 35.5 Å². The van der Waals surface area contributed by atoms with Gasteiger partial charge in [0.25, 0.3) is 5.69 Å². The molecule has 0 saturated carbocycles. The van der Waals surface area contributed by atoms with Crippen molar-refractivity contribution in [2.24, 2.45) is 0 Å². The molecular formula is C14H17N3O3. The molecule has 1 N–H and O–H groups in total. The van der Waals surface area contributed by atoms with Crippen molar-refractivity contribution in [3.63, 3.8) is 0 Å². The lowest BCUT2D eigenvalue weighted by Crippen LogP contribution is -2.07. The number of nitrogens with zero attached hydrogens (tertiary/aromatic N) is 3. The number of rotatable bonds is 4. The van der Waals surface area contributed by atoms with Crippen molar-refractivity contribution in [3.05, 3.63) is 56.9 Å². The Bertz CT molecular complexity index is 647. The van der Waals surface area contributed by atoms with Crippen LogP contribution in [0.3, 0.4) is 0 Å². The number of aryl methyl sites for hydroxylation is 1. The van der Waals surface area contributed by atoms with Crippen molar-refractivity contribution < 1.29 is 10.0 Å². The minimum Gasteiger partial charge on any atom is -0.389 e. The van der Waals surface area contributed by atoms with Crippen LogP contribution in [-0.4, -0.2) is 19.8 Å². The van der Waals surface area contributed by atoms with Gasteiger partial charge in [0.2, 0.25) is 0 Å². The number of nitro groups is 1. The summed E-state index contributed by atoms with van der Waals surface area (Å²) >= 11 is 0. The quantitative estimate of drug-likeness (QED) is 0.686. The van der Waals surface area contributed by atoms with Gasteiger partial charge in [0, 0.05) is 17.3 Å². The van der Waals surface area contributed by atoms with Crippen molar-refractivity contribution in [2.45, 2.75) is 33.4 Å². The topological polar surface area (TPSA) is 81.2 Å². The lowest BCUT2D eigenvalue weighted by atomic mass is 10.1. The Morgan fingerprint density at radius 1 is 1.40 bits per heavy atom. The van der Waals surface area contributed by atoms with E-state index in [0.29, 0.717) is 12.1 Å². The minimum absolute atomic E-state index is 0.0821. The van der Waals surface area contributed by atoms with Crippen LogP contribution in [0.25, 0.3) is 0 Å². The van der Waals surface area contributed by atoms with Gasteiger partial charge in [-0.15, -0.1) is 0 Å². The lowest BCUT2D eigenvalue weighted by Gasteiger charge is -2.07. The van der Waals surface area contributed by atoms with E-state index in [4.69, 9.17) is 0 Å². The zero-order chi connectivity index (χ0) is 14.9. The van der Waals surface area contributed by atoms with Gasteiger partial charge < -0.3 is 5.11 Å². The highest BCUT2D eigenvalue weighted by molar-refractivity contribution is 5.40. The van der Waals surface area contributed by atoms with Crippen LogP contribution >= 0.6 is 0 Å². The molecule has 6 heteroatoms. The Balaban J connectivity index is 2.41. The van der Waals surface area contributed by atoms with E-state index in [0.717, 1.165) is 17.0 Å². The number of benzene rings is 1. The normalized spacial score (nSPS) is 12.4. The Morgan fingerprint density at radius 2 is 2.05 bits per heavy atom. The molecule has 6 nitrogen and oxygen atoms in total. The smallest absolute Gasteiger partial charge is 0.274 e. The first-order chi connectivity index (χ1) is 9.41. The Kier molecular flexibility index (Phi) is 3.85. The molecule has 106 valence electrons. The maximum absolute atomic E-state index is 11.0. The van der Waals surface area contributed by atoms with Crippen molar-refractivity contribution >= 4 is 5.69 Å². The van der Waals surface area contributed by atoms with E-state index in [1.165, 1.54) is 6.07 Å². The molecule has 0 amide bonds. The van der Waals surface area contributed by atoms with Gasteiger partial charge >= 0.3 is 0 Å². The molecule has 1 heterocycles. The zero-order valence-electron chi connectivity index (χ0n) is 11.7. The lowest BCUT2D eigenvalue weighted by molar-refractivity contribution is -0.385. The second-order valence-electron chi connectivity index (χ2n) is 4.80. The van der Waals surface area contributed by atoms with Crippen molar-refractivity contribution in [1.82, 2.24) is 9.78 Å². The van der Waals surface area contributed by atoms with E-state index >= 15 is 0 Å². The van der Waals surface area contributed by atoms with Gasteiger partial charge in [-0.1, -0.05) is 18.2 Å². The van der Waals surface area contributed by atoms with Crippen LogP contribution in [-0.2, 0) is 6.54 Å². The molecule has 0 aliphatic carbocycles. The van der Waals surface area contributed by atoms with Crippen LogP contribution in [0.5, 0.6) is 0 Å². The molecule has 0 spiro atoms. The van der Waals surface area contributed by atoms with E-state index in [9.17, 15) is 15.2 Å². The number of aliphatic hydroxyl groups excluding tert-OH is 1. The number of aliphatic hydroxyl groups is 1. The molecule has 1 unspecified atom stereocenters. The van der Waals surface area contributed by atoms with Crippen molar-refractivity contribution in [3.8, 4) is 0 Å².